The van der Waals surface area contributed by atoms with Gasteiger partial charge in [-0.3, -0.25) is 9.10 Å². The Kier molecular flexibility index (Phi) is 8.08. The van der Waals surface area contributed by atoms with Crippen molar-refractivity contribution in [2.24, 2.45) is 5.92 Å². The molecule has 7 heteroatoms. The maximum atomic E-state index is 12.8. The van der Waals surface area contributed by atoms with Gasteiger partial charge in [0, 0.05) is 6.07 Å². The third-order valence-electron chi connectivity index (χ3n) is 4.35. The van der Waals surface area contributed by atoms with E-state index < -0.39 is 10.0 Å². The lowest BCUT2D eigenvalue weighted by molar-refractivity contribution is -0.120. The van der Waals surface area contributed by atoms with E-state index in [0.29, 0.717) is 24.0 Å². The van der Waals surface area contributed by atoms with E-state index in [0.717, 1.165) is 22.5 Å². The van der Waals surface area contributed by atoms with Crippen molar-refractivity contribution in [3.05, 3.63) is 60.2 Å². The molecule has 2 aromatic carbocycles. The van der Waals surface area contributed by atoms with E-state index in [-0.39, 0.29) is 18.5 Å². The molecule has 0 aliphatic carbocycles. The van der Waals surface area contributed by atoms with Gasteiger partial charge in [-0.15, -0.1) is 0 Å². The number of hydrogen-bond acceptors (Lipinski definition) is 4. The average molecular weight is 419 g/mol. The van der Waals surface area contributed by atoms with Gasteiger partial charge in [-0.2, -0.15) is 0 Å². The molecule has 0 saturated heterocycles. The highest BCUT2D eigenvalue weighted by molar-refractivity contribution is 7.92. The first-order valence-corrected chi connectivity index (χ1v) is 11.6. The Morgan fingerprint density at radius 1 is 1.10 bits per heavy atom. The molecule has 0 aromatic heterocycles. The van der Waals surface area contributed by atoms with Crippen molar-refractivity contribution in [2.45, 2.75) is 33.2 Å². The Bertz CT molecular complexity index is 898. The highest BCUT2D eigenvalue weighted by Gasteiger charge is 2.23. The van der Waals surface area contributed by atoms with E-state index in [9.17, 15) is 13.2 Å². The second kappa shape index (κ2) is 10.3. The van der Waals surface area contributed by atoms with Crippen LogP contribution in [0.1, 0.15) is 38.8 Å². The molecule has 1 atom stereocenters. The molecule has 0 aliphatic heterocycles. The fourth-order valence-electron chi connectivity index (χ4n) is 3.10. The topological polar surface area (TPSA) is 75.7 Å². The van der Waals surface area contributed by atoms with Crippen LogP contribution >= 0.6 is 0 Å². The maximum absolute atomic E-state index is 12.8. The minimum absolute atomic E-state index is 0.181. The zero-order chi connectivity index (χ0) is 21.4. The van der Waals surface area contributed by atoms with E-state index >= 15 is 0 Å². The first-order valence-electron chi connectivity index (χ1n) is 9.75. The minimum Gasteiger partial charge on any atom is -0.494 e. The smallest absolute Gasteiger partial charge is 0.241 e. The fraction of sp³-hybridized carbons (Fsp3) is 0.409. The van der Waals surface area contributed by atoms with Crippen LogP contribution < -0.4 is 14.4 Å². The number of sulfonamides is 1. The van der Waals surface area contributed by atoms with Gasteiger partial charge >= 0.3 is 0 Å². The van der Waals surface area contributed by atoms with Gasteiger partial charge in [-0.05, 0) is 37.0 Å². The average Bonchev–Trinajstić information content (AvgIpc) is 2.65. The molecule has 1 N–H and O–H groups in total. The van der Waals surface area contributed by atoms with E-state index in [2.05, 4.69) is 19.2 Å². The van der Waals surface area contributed by atoms with Crippen LogP contribution in [0, 0.1) is 5.92 Å². The van der Waals surface area contributed by atoms with Gasteiger partial charge in [0.05, 0.1) is 24.6 Å². The van der Waals surface area contributed by atoms with Gasteiger partial charge in [-0.25, -0.2) is 8.42 Å². The summed E-state index contributed by atoms with van der Waals surface area (Å²) in [5.41, 5.74) is 1.40. The molecule has 0 radical (unpaired) electrons. The second-order valence-corrected chi connectivity index (χ2v) is 9.27. The first kappa shape index (κ1) is 22.7. The number of carbonyl (C=O) groups is 1. The van der Waals surface area contributed by atoms with Gasteiger partial charge in [0.25, 0.3) is 0 Å². The molecule has 1 amide bonds. The van der Waals surface area contributed by atoms with Crippen molar-refractivity contribution in [3.8, 4) is 5.75 Å². The monoisotopic (exact) mass is 418 g/mol. The molecule has 158 valence electrons. The van der Waals surface area contributed by atoms with Crippen LogP contribution in [0.5, 0.6) is 5.75 Å². The summed E-state index contributed by atoms with van der Waals surface area (Å²) >= 11 is 0. The molecule has 0 spiro atoms. The largest absolute Gasteiger partial charge is 0.494 e. The maximum Gasteiger partial charge on any atom is 0.241 e. The Balaban J connectivity index is 2.22. The Morgan fingerprint density at radius 2 is 1.79 bits per heavy atom. The summed E-state index contributed by atoms with van der Waals surface area (Å²) < 4.78 is 31.3. The molecule has 29 heavy (non-hydrogen) atoms. The van der Waals surface area contributed by atoms with Crippen molar-refractivity contribution in [1.29, 1.82) is 0 Å². The van der Waals surface area contributed by atoms with Crippen molar-refractivity contribution >= 4 is 21.6 Å². The lowest BCUT2D eigenvalue weighted by Gasteiger charge is -2.25. The van der Waals surface area contributed by atoms with Gasteiger partial charge in [0.1, 0.15) is 12.3 Å². The van der Waals surface area contributed by atoms with Gasteiger partial charge < -0.3 is 10.1 Å². The molecule has 0 saturated carbocycles. The highest BCUT2D eigenvalue weighted by Crippen LogP contribution is 2.24. The highest BCUT2D eigenvalue weighted by atomic mass is 32.2. The van der Waals surface area contributed by atoms with Crippen LogP contribution in [0.15, 0.2) is 54.6 Å². The fourth-order valence-corrected chi connectivity index (χ4v) is 3.95. The van der Waals surface area contributed by atoms with Crippen molar-refractivity contribution in [2.75, 3.05) is 23.7 Å². The van der Waals surface area contributed by atoms with E-state index in [1.807, 2.05) is 37.3 Å². The third kappa shape index (κ3) is 7.09. The van der Waals surface area contributed by atoms with Crippen LogP contribution in [-0.2, 0) is 14.8 Å². The summed E-state index contributed by atoms with van der Waals surface area (Å²) in [6.45, 7) is 6.20. The SMILES string of the molecule is CCOc1cccc(N(CC(=O)NC(CC(C)C)c2ccccc2)S(C)(=O)=O)c1. The minimum atomic E-state index is -3.65. The van der Waals surface area contributed by atoms with Crippen LogP contribution in [0.25, 0.3) is 0 Å². The van der Waals surface area contributed by atoms with Gasteiger partial charge in [0.2, 0.25) is 15.9 Å². The molecular formula is C22H30N2O4S. The zero-order valence-electron chi connectivity index (χ0n) is 17.5. The van der Waals surface area contributed by atoms with Crippen molar-refractivity contribution < 1.29 is 17.9 Å². The molecule has 0 heterocycles. The molecule has 2 rings (SSSR count). The number of anilines is 1. The normalized spacial score (nSPS) is 12.4. The Morgan fingerprint density at radius 3 is 2.38 bits per heavy atom. The third-order valence-corrected chi connectivity index (χ3v) is 5.49. The predicted octanol–water partition coefficient (Wildman–Crippen LogP) is 3.75. The van der Waals surface area contributed by atoms with Crippen molar-refractivity contribution in [3.63, 3.8) is 0 Å². The number of hydrogen-bond donors (Lipinski definition) is 1. The predicted molar refractivity (Wildman–Crippen MR) is 117 cm³/mol. The number of nitrogens with zero attached hydrogens (tertiary/aromatic N) is 1. The lowest BCUT2D eigenvalue weighted by atomic mass is 9.97. The van der Waals surface area contributed by atoms with Crippen LogP contribution in [0.2, 0.25) is 0 Å². The van der Waals surface area contributed by atoms with E-state index in [1.54, 1.807) is 24.3 Å². The standard InChI is InChI=1S/C22H30N2O4S/c1-5-28-20-13-9-12-19(15-20)24(29(4,26)27)16-22(25)23-21(14-17(2)3)18-10-7-6-8-11-18/h6-13,15,17,21H,5,14,16H2,1-4H3,(H,23,25). The molecule has 0 fully saturated rings. The molecule has 0 aliphatic rings. The Labute approximate surface area is 173 Å². The molecular weight excluding hydrogens is 388 g/mol. The number of amides is 1. The van der Waals surface area contributed by atoms with E-state index in [4.69, 9.17) is 4.74 Å². The summed E-state index contributed by atoms with van der Waals surface area (Å²) in [6, 6.07) is 16.3. The number of carbonyl (C=O) groups excluding carboxylic acids is 1. The molecule has 0 bridgehead atoms. The van der Waals surface area contributed by atoms with Crippen molar-refractivity contribution in [1.82, 2.24) is 5.32 Å². The number of nitrogens with one attached hydrogen (secondary N) is 1. The number of benzene rings is 2. The second-order valence-electron chi connectivity index (χ2n) is 7.36. The van der Waals surface area contributed by atoms with Crippen LogP contribution in [-0.4, -0.2) is 33.7 Å². The van der Waals surface area contributed by atoms with E-state index in [1.165, 1.54) is 0 Å². The zero-order valence-corrected chi connectivity index (χ0v) is 18.3. The first-order chi connectivity index (χ1) is 13.7. The summed E-state index contributed by atoms with van der Waals surface area (Å²) in [5, 5.41) is 3.00. The summed E-state index contributed by atoms with van der Waals surface area (Å²) in [4.78, 5) is 12.8. The van der Waals surface area contributed by atoms with Crippen LogP contribution in [0.4, 0.5) is 5.69 Å². The quantitative estimate of drug-likeness (QED) is 0.637. The van der Waals surface area contributed by atoms with Crippen LogP contribution in [0.3, 0.4) is 0 Å². The lowest BCUT2D eigenvalue weighted by Crippen LogP contribution is -2.41. The van der Waals surface area contributed by atoms with Gasteiger partial charge in [-0.1, -0.05) is 50.2 Å². The molecule has 1 unspecified atom stereocenters. The summed E-state index contributed by atoms with van der Waals surface area (Å²) in [6.07, 6.45) is 1.85. The Hall–Kier alpha value is -2.54. The summed E-state index contributed by atoms with van der Waals surface area (Å²) in [7, 11) is -3.65. The number of ether oxygens (including phenoxy) is 1. The molecule has 6 nitrogen and oxygen atoms in total. The number of rotatable bonds is 10. The summed E-state index contributed by atoms with van der Waals surface area (Å²) in [5.74, 6) is 0.571. The molecule has 2 aromatic rings. The van der Waals surface area contributed by atoms with Gasteiger partial charge in [0.15, 0.2) is 0 Å².